The lowest BCUT2D eigenvalue weighted by molar-refractivity contribution is -0.698. The molecular weight excluding hydrogens is 556 g/mol. The highest BCUT2D eigenvalue weighted by Gasteiger charge is 2.07. The molecule has 0 radical (unpaired) electrons. The third-order valence-electron chi connectivity index (χ3n) is 10.1. The number of pyridine rings is 2. The van der Waals surface area contributed by atoms with Gasteiger partial charge in [0.2, 0.25) is 0 Å². The van der Waals surface area contributed by atoms with Crippen molar-refractivity contribution in [2.75, 3.05) is 0 Å². The maximum absolute atomic E-state index is 2.43. The van der Waals surface area contributed by atoms with E-state index >= 15 is 0 Å². The minimum absolute atomic E-state index is 1.13. The van der Waals surface area contributed by atoms with Gasteiger partial charge in [-0.1, -0.05) is 168 Å². The van der Waals surface area contributed by atoms with E-state index < -0.39 is 0 Å². The molecule has 2 nitrogen and oxygen atoms in total. The van der Waals surface area contributed by atoms with Crippen LogP contribution in [0, 0.1) is 0 Å². The predicted molar refractivity (Wildman–Crippen MR) is 201 cm³/mol. The first kappa shape index (κ1) is 40.5. The Morgan fingerprint density at radius 2 is 0.609 bits per heavy atom. The first-order valence-electron chi connectivity index (χ1n) is 20.8. The molecule has 0 N–H and O–H groups in total. The molecule has 0 spiro atoms. The summed E-state index contributed by atoms with van der Waals surface area (Å²) in [5, 5.41) is 0. The van der Waals surface area contributed by atoms with Gasteiger partial charge in [0.25, 0.3) is 0 Å². The second-order valence-electron chi connectivity index (χ2n) is 14.6. The molecule has 0 saturated heterocycles. The van der Waals surface area contributed by atoms with E-state index in [-0.39, 0.29) is 0 Å². The molecule has 262 valence electrons. The lowest BCUT2D eigenvalue weighted by Gasteiger charge is -2.04. The van der Waals surface area contributed by atoms with E-state index in [1.807, 2.05) is 0 Å². The maximum Gasteiger partial charge on any atom is 0.171 e. The zero-order valence-electron chi connectivity index (χ0n) is 31.1. The largest absolute Gasteiger partial charge is 0.205 e. The molecule has 2 aromatic rings. The fourth-order valence-electron chi connectivity index (χ4n) is 6.99. The van der Waals surface area contributed by atoms with Crippen LogP contribution in [0.5, 0.6) is 0 Å². The molecule has 2 heterocycles. The number of hydrogen-bond donors (Lipinski definition) is 0. The van der Waals surface area contributed by atoms with Crippen molar-refractivity contribution in [3.63, 3.8) is 0 Å². The summed E-state index contributed by atoms with van der Waals surface area (Å²) in [4.78, 5) is 0. The highest BCUT2D eigenvalue weighted by molar-refractivity contribution is 5.11. The van der Waals surface area contributed by atoms with Crippen molar-refractivity contribution in [2.24, 2.45) is 0 Å². The van der Waals surface area contributed by atoms with Crippen molar-refractivity contribution >= 4 is 0 Å². The van der Waals surface area contributed by atoms with Gasteiger partial charge in [0.05, 0.1) is 0 Å². The molecule has 0 saturated carbocycles. The molecule has 46 heavy (non-hydrogen) atoms. The summed E-state index contributed by atoms with van der Waals surface area (Å²) in [5.41, 5.74) is 2.94. The van der Waals surface area contributed by atoms with Gasteiger partial charge in [0.1, 0.15) is 13.1 Å². The van der Waals surface area contributed by atoms with E-state index in [0.29, 0.717) is 0 Å². The second-order valence-corrected chi connectivity index (χ2v) is 14.6. The molecule has 0 fully saturated rings. The Kier molecular flexibility index (Phi) is 26.9. The van der Waals surface area contributed by atoms with Gasteiger partial charge >= 0.3 is 0 Å². The second kappa shape index (κ2) is 30.6. The van der Waals surface area contributed by atoms with Crippen LogP contribution in [0.3, 0.4) is 0 Å². The topological polar surface area (TPSA) is 7.76 Å². The number of aryl methyl sites for hydroxylation is 4. The maximum atomic E-state index is 2.43. The van der Waals surface area contributed by atoms with Gasteiger partial charge < -0.3 is 0 Å². The molecule has 2 rings (SSSR count). The summed E-state index contributed by atoms with van der Waals surface area (Å²) in [6.45, 7) is 6.93. The Morgan fingerprint density at radius 3 is 0.891 bits per heavy atom. The number of rotatable bonds is 33. The quantitative estimate of drug-likeness (QED) is 0.0545. The Bertz CT molecular complexity index is 846. The summed E-state index contributed by atoms with van der Waals surface area (Å²) in [5.74, 6) is 0. The number of aromatic nitrogens is 2. The monoisotopic (exact) mass is 635 g/mol. The molecule has 0 atom stereocenters. The Balaban J connectivity index is 1.46. The van der Waals surface area contributed by atoms with Gasteiger partial charge in [-0.3, -0.25) is 0 Å². The smallest absolute Gasteiger partial charge is 0.171 e. The first-order chi connectivity index (χ1) is 22.8. The molecule has 0 aliphatic carbocycles. The zero-order chi connectivity index (χ0) is 32.6. The van der Waals surface area contributed by atoms with Crippen molar-refractivity contribution in [2.45, 2.75) is 220 Å². The molecule has 0 aromatic carbocycles. The standard InChI is InChI=1S/C44H78N2/c1-3-5-7-9-11-13-15-17-19-21-23-25-27-29-37-45-39-31-33-43(41-45)35-36-44-34-32-40-46(42-44)38-30-28-26-24-22-20-18-16-14-12-10-8-6-4-2/h31-34,39-42H,3-30,35-38H2,1-2H3/q+2. The van der Waals surface area contributed by atoms with Gasteiger partial charge in [-0.05, 0) is 37.8 Å². The van der Waals surface area contributed by atoms with Crippen molar-refractivity contribution in [3.05, 3.63) is 60.2 Å². The van der Waals surface area contributed by atoms with Crippen LogP contribution in [0.2, 0.25) is 0 Å². The van der Waals surface area contributed by atoms with Crippen molar-refractivity contribution in [1.29, 1.82) is 0 Å². The van der Waals surface area contributed by atoms with Crippen LogP contribution in [0.4, 0.5) is 0 Å². The summed E-state index contributed by atoms with van der Waals surface area (Å²) in [6, 6.07) is 9.13. The number of unbranched alkanes of at least 4 members (excludes halogenated alkanes) is 26. The first-order valence-corrected chi connectivity index (χ1v) is 20.8. The van der Waals surface area contributed by atoms with E-state index in [1.54, 1.807) is 0 Å². The fourth-order valence-corrected chi connectivity index (χ4v) is 6.99. The van der Waals surface area contributed by atoms with Crippen LogP contribution in [-0.2, 0) is 25.9 Å². The van der Waals surface area contributed by atoms with Crippen LogP contribution >= 0.6 is 0 Å². The van der Waals surface area contributed by atoms with E-state index in [9.17, 15) is 0 Å². The summed E-state index contributed by atoms with van der Waals surface area (Å²) in [7, 11) is 0. The third kappa shape index (κ3) is 23.6. The summed E-state index contributed by atoms with van der Waals surface area (Å²) < 4.78 is 4.85. The van der Waals surface area contributed by atoms with Crippen molar-refractivity contribution < 1.29 is 9.13 Å². The van der Waals surface area contributed by atoms with E-state index in [4.69, 9.17) is 0 Å². The van der Waals surface area contributed by atoms with Gasteiger partial charge in [-0.25, -0.2) is 9.13 Å². The number of hydrogen-bond acceptors (Lipinski definition) is 0. The zero-order valence-corrected chi connectivity index (χ0v) is 31.1. The van der Waals surface area contributed by atoms with E-state index in [1.165, 1.54) is 191 Å². The molecule has 0 unspecified atom stereocenters. The molecule has 2 heteroatoms. The molecule has 0 aliphatic heterocycles. The molecule has 0 bridgehead atoms. The highest BCUT2D eigenvalue weighted by Crippen LogP contribution is 2.14. The van der Waals surface area contributed by atoms with Gasteiger partial charge in [-0.2, -0.15) is 0 Å². The highest BCUT2D eigenvalue weighted by atomic mass is 14.9. The summed E-state index contributed by atoms with van der Waals surface area (Å²) >= 11 is 0. The van der Waals surface area contributed by atoms with Gasteiger partial charge in [-0.15, -0.1) is 0 Å². The van der Waals surface area contributed by atoms with Crippen LogP contribution in [0.1, 0.15) is 205 Å². The molecule has 0 amide bonds. The lowest BCUT2D eigenvalue weighted by Crippen LogP contribution is -2.33. The fraction of sp³-hybridized carbons (Fsp3) is 0.773. The third-order valence-corrected chi connectivity index (χ3v) is 10.1. The van der Waals surface area contributed by atoms with Gasteiger partial charge in [0.15, 0.2) is 24.8 Å². The van der Waals surface area contributed by atoms with Crippen molar-refractivity contribution in [1.82, 2.24) is 0 Å². The normalized spacial score (nSPS) is 11.4. The van der Waals surface area contributed by atoms with Gasteiger partial charge in [0, 0.05) is 36.1 Å². The average Bonchev–Trinajstić information content (AvgIpc) is 3.08. The van der Waals surface area contributed by atoms with E-state index in [0.717, 1.165) is 25.9 Å². The van der Waals surface area contributed by atoms with E-state index in [2.05, 4.69) is 72.0 Å². The van der Waals surface area contributed by atoms with Crippen LogP contribution < -0.4 is 9.13 Å². The predicted octanol–water partition coefficient (Wildman–Crippen LogP) is 13.0. The SMILES string of the molecule is CCCCCCCCCCCCCCCC[n+]1cccc(CCc2ccc[n+](CCCCCCCCCCCCCCCC)c2)c1. The molecular formula is C44H78N2+2. The van der Waals surface area contributed by atoms with Crippen LogP contribution in [0.15, 0.2) is 49.1 Å². The van der Waals surface area contributed by atoms with Crippen molar-refractivity contribution in [3.8, 4) is 0 Å². The Labute approximate surface area is 288 Å². The molecule has 2 aromatic heterocycles. The Morgan fingerprint density at radius 1 is 0.348 bits per heavy atom. The summed E-state index contributed by atoms with van der Waals surface area (Å²) in [6.07, 6.45) is 51.5. The number of nitrogens with zero attached hydrogens (tertiary/aromatic N) is 2. The average molecular weight is 635 g/mol. The van der Waals surface area contributed by atoms with Crippen LogP contribution in [-0.4, -0.2) is 0 Å². The minimum atomic E-state index is 1.13. The minimum Gasteiger partial charge on any atom is -0.205 e. The molecule has 0 aliphatic rings. The Hall–Kier alpha value is -1.70. The van der Waals surface area contributed by atoms with Crippen LogP contribution in [0.25, 0.3) is 0 Å². The lowest BCUT2D eigenvalue weighted by atomic mass is 10.0.